The molecular weight excluding hydrogens is 352 g/mol. The number of carbonyl (C=O) groups excluding carboxylic acids is 1. The van der Waals surface area contributed by atoms with Gasteiger partial charge < -0.3 is 4.90 Å². The molecule has 1 aromatic rings. The van der Waals surface area contributed by atoms with Crippen LogP contribution in [-0.4, -0.2) is 41.9 Å². The van der Waals surface area contributed by atoms with Crippen molar-refractivity contribution in [1.29, 1.82) is 0 Å². The van der Waals surface area contributed by atoms with Crippen LogP contribution in [0, 0.1) is 5.41 Å². The van der Waals surface area contributed by atoms with Crippen molar-refractivity contribution >= 4 is 21.8 Å². The lowest BCUT2D eigenvalue weighted by atomic mass is 9.74. The summed E-state index contributed by atoms with van der Waals surface area (Å²) in [7, 11) is 0. The quantitative estimate of drug-likeness (QED) is 0.791. The molecule has 0 N–H and O–H groups in total. The molecule has 2 fully saturated rings. The van der Waals surface area contributed by atoms with E-state index in [2.05, 4.69) is 56.9 Å². The van der Waals surface area contributed by atoms with E-state index in [0.29, 0.717) is 5.91 Å². The average Bonchev–Trinajstić information content (AvgIpc) is 2.58. The van der Waals surface area contributed by atoms with Crippen molar-refractivity contribution in [3.05, 3.63) is 34.3 Å². The van der Waals surface area contributed by atoms with E-state index in [1.165, 1.54) is 29.3 Å². The molecule has 1 aliphatic heterocycles. The Bertz CT molecular complexity index is 546. The molecule has 2 aliphatic rings. The third kappa shape index (κ3) is 3.97. The van der Waals surface area contributed by atoms with E-state index in [4.69, 9.17) is 0 Å². The molecule has 3 nitrogen and oxygen atoms in total. The van der Waals surface area contributed by atoms with Gasteiger partial charge in [0.1, 0.15) is 0 Å². The van der Waals surface area contributed by atoms with E-state index in [1.54, 1.807) is 0 Å². The lowest BCUT2D eigenvalue weighted by Gasteiger charge is -2.41. The lowest BCUT2D eigenvalue weighted by Crippen LogP contribution is -2.52. The monoisotopic (exact) mass is 378 g/mol. The van der Waals surface area contributed by atoms with Crippen LogP contribution in [0.15, 0.2) is 28.7 Å². The highest BCUT2D eigenvalue weighted by Gasteiger charge is 2.38. The van der Waals surface area contributed by atoms with Crippen LogP contribution in [0.5, 0.6) is 0 Å². The highest BCUT2D eigenvalue weighted by molar-refractivity contribution is 9.10. The maximum Gasteiger partial charge on any atom is 0.228 e. The normalized spacial score (nSPS) is 22.1. The van der Waals surface area contributed by atoms with Crippen molar-refractivity contribution in [1.82, 2.24) is 9.80 Å². The summed E-state index contributed by atoms with van der Waals surface area (Å²) >= 11 is 3.63. The first-order valence-corrected chi connectivity index (χ1v) is 9.63. The fourth-order valence-electron chi connectivity index (χ4n) is 3.90. The molecule has 1 heterocycles. The van der Waals surface area contributed by atoms with Crippen molar-refractivity contribution in [2.24, 2.45) is 5.41 Å². The van der Waals surface area contributed by atoms with Crippen LogP contribution < -0.4 is 0 Å². The van der Waals surface area contributed by atoms with Crippen LogP contribution in [0.2, 0.25) is 0 Å². The maximum absolute atomic E-state index is 12.9. The standard InChI is InChI=1S/C19H27BrN2O/c1-19(9-5-2-6-10-19)18(23)22-13-11-21(12-14-22)15-16-7-3-4-8-17(16)20/h3-4,7-8H,2,5-6,9-15H2,1H3. The Morgan fingerprint density at radius 3 is 2.39 bits per heavy atom. The first-order valence-electron chi connectivity index (χ1n) is 8.84. The zero-order valence-electron chi connectivity index (χ0n) is 14.1. The molecule has 1 aliphatic carbocycles. The SMILES string of the molecule is CC1(C(=O)N2CCN(Cc3ccccc3Br)CC2)CCCCC1. The summed E-state index contributed by atoms with van der Waals surface area (Å²) in [6.07, 6.45) is 5.86. The molecule has 126 valence electrons. The van der Waals surface area contributed by atoms with Crippen molar-refractivity contribution in [3.63, 3.8) is 0 Å². The third-order valence-electron chi connectivity index (χ3n) is 5.48. The molecular formula is C19H27BrN2O. The van der Waals surface area contributed by atoms with Gasteiger partial charge in [-0.3, -0.25) is 9.69 Å². The first-order chi connectivity index (χ1) is 11.1. The Morgan fingerprint density at radius 2 is 1.74 bits per heavy atom. The van der Waals surface area contributed by atoms with E-state index in [0.717, 1.165) is 45.6 Å². The number of hydrogen-bond acceptors (Lipinski definition) is 2. The number of amides is 1. The fraction of sp³-hybridized carbons (Fsp3) is 0.632. The van der Waals surface area contributed by atoms with Gasteiger partial charge in [0.2, 0.25) is 5.91 Å². The lowest BCUT2D eigenvalue weighted by molar-refractivity contribution is -0.145. The zero-order valence-corrected chi connectivity index (χ0v) is 15.6. The van der Waals surface area contributed by atoms with E-state index < -0.39 is 0 Å². The maximum atomic E-state index is 12.9. The Hall–Kier alpha value is -0.870. The molecule has 0 atom stereocenters. The predicted molar refractivity (Wildman–Crippen MR) is 97.2 cm³/mol. The van der Waals surface area contributed by atoms with E-state index >= 15 is 0 Å². The van der Waals surface area contributed by atoms with Gasteiger partial charge in [-0.25, -0.2) is 0 Å². The highest BCUT2D eigenvalue weighted by Crippen LogP contribution is 2.37. The molecule has 0 bridgehead atoms. The van der Waals surface area contributed by atoms with Gasteiger partial charge in [0.25, 0.3) is 0 Å². The molecule has 1 saturated heterocycles. The number of halogens is 1. The highest BCUT2D eigenvalue weighted by atomic mass is 79.9. The van der Waals surface area contributed by atoms with Crippen molar-refractivity contribution in [2.75, 3.05) is 26.2 Å². The Balaban J connectivity index is 1.54. The summed E-state index contributed by atoms with van der Waals surface area (Å²) in [6.45, 7) is 6.84. The summed E-state index contributed by atoms with van der Waals surface area (Å²) in [5, 5.41) is 0. The van der Waals surface area contributed by atoms with Crippen LogP contribution >= 0.6 is 15.9 Å². The van der Waals surface area contributed by atoms with Gasteiger partial charge in [-0.05, 0) is 24.5 Å². The topological polar surface area (TPSA) is 23.6 Å². The number of benzene rings is 1. The van der Waals surface area contributed by atoms with Crippen LogP contribution in [-0.2, 0) is 11.3 Å². The van der Waals surface area contributed by atoms with E-state index in [-0.39, 0.29) is 5.41 Å². The van der Waals surface area contributed by atoms with E-state index in [9.17, 15) is 4.79 Å². The van der Waals surface area contributed by atoms with Gasteiger partial charge in [-0.2, -0.15) is 0 Å². The first kappa shape index (κ1) is 17.0. The number of piperazine rings is 1. The molecule has 1 saturated carbocycles. The number of hydrogen-bond donors (Lipinski definition) is 0. The minimum absolute atomic E-state index is 0.0944. The fourth-order valence-corrected chi connectivity index (χ4v) is 4.31. The summed E-state index contributed by atoms with van der Waals surface area (Å²) in [5.41, 5.74) is 1.23. The van der Waals surface area contributed by atoms with Gasteiger partial charge in [0.15, 0.2) is 0 Å². The molecule has 0 spiro atoms. The molecule has 23 heavy (non-hydrogen) atoms. The largest absolute Gasteiger partial charge is 0.340 e. The van der Waals surface area contributed by atoms with Crippen molar-refractivity contribution in [3.8, 4) is 0 Å². The van der Waals surface area contributed by atoms with Gasteiger partial charge in [-0.15, -0.1) is 0 Å². The molecule has 0 radical (unpaired) electrons. The van der Waals surface area contributed by atoms with Gasteiger partial charge in [0.05, 0.1) is 0 Å². The second-order valence-electron chi connectivity index (χ2n) is 7.28. The number of nitrogens with zero attached hydrogens (tertiary/aromatic N) is 2. The van der Waals surface area contributed by atoms with Crippen molar-refractivity contribution in [2.45, 2.75) is 45.6 Å². The van der Waals surface area contributed by atoms with Crippen LogP contribution in [0.25, 0.3) is 0 Å². The Kier molecular flexibility index (Phi) is 5.42. The van der Waals surface area contributed by atoms with E-state index in [1.807, 2.05) is 0 Å². The predicted octanol–water partition coefficient (Wildman–Crippen LogP) is 4.06. The zero-order chi connectivity index (χ0) is 16.3. The molecule has 1 aromatic carbocycles. The minimum atomic E-state index is -0.0944. The molecule has 4 heteroatoms. The smallest absolute Gasteiger partial charge is 0.228 e. The van der Waals surface area contributed by atoms with Crippen LogP contribution in [0.3, 0.4) is 0 Å². The molecule has 1 amide bonds. The minimum Gasteiger partial charge on any atom is -0.340 e. The second kappa shape index (κ2) is 7.35. The molecule has 0 aromatic heterocycles. The Labute approximate surface area is 148 Å². The summed E-state index contributed by atoms with van der Waals surface area (Å²) in [4.78, 5) is 17.5. The summed E-state index contributed by atoms with van der Waals surface area (Å²) in [5.74, 6) is 0.401. The molecule has 0 unspecified atom stereocenters. The van der Waals surface area contributed by atoms with Crippen LogP contribution in [0.1, 0.15) is 44.6 Å². The third-order valence-corrected chi connectivity index (χ3v) is 6.26. The van der Waals surface area contributed by atoms with Gasteiger partial charge in [-0.1, -0.05) is 60.3 Å². The number of carbonyl (C=O) groups is 1. The van der Waals surface area contributed by atoms with Gasteiger partial charge >= 0.3 is 0 Å². The summed E-state index contributed by atoms with van der Waals surface area (Å²) < 4.78 is 1.17. The molecule has 3 rings (SSSR count). The average molecular weight is 379 g/mol. The number of rotatable bonds is 3. The second-order valence-corrected chi connectivity index (χ2v) is 8.14. The van der Waals surface area contributed by atoms with Crippen LogP contribution in [0.4, 0.5) is 0 Å². The van der Waals surface area contributed by atoms with Gasteiger partial charge in [0, 0.05) is 42.6 Å². The van der Waals surface area contributed by atoms with Crippen molar-refractivity contribution < 1.29 is 4.79 Å². The Morgan fingerprint density at radius 1 is 1.09 bits per heavy atom. The summed E-state index contributed by atoms with van der Waals surface area (Å²) in [6, 6.07) is 8.41.